The van der Waals surface area contributed by atoms with Gasteiger partial charge in [0.05, 0.1) is 39.6 Å². The van der Waals surface area contributed by atoms with Gasteiger partial charge in [-0.15, -0.1) is 0 Å². The molecule has 0 bridgehead atoms. The maximum absolute atomic E-state index is 6.08. The predicted molar refractivity (Wildman–Crippen MR) is 258 cm³/mol. The first-order valence-corrected chi connectivity index (χ1v) is 21.2. The summed E-state index contributed by atoms with van der Waals surface area (Å²) in [7, 11) is 0. The molecule has 0 aliphatic heterocycles. The molecule has 6 aromatic heterocycles. The zero-order chi connectivity index (χ0) is 41.4. The van der Waals surface area contributed by atoms with Crippen LogP contribution in [0.2, 0.25) is 0 Å². The number of nitrogens with zero attached hydrogens (tertiary/aromatic N) is 5. The van der Waals surface area contributed by atoms with Crippen molar-refractivity contribution in [1.29, 1.82) is 0 Å². The van der Waals surface area contributed by atoms with Crippen molar-refractivity contribution in [2.75, 3.05) is 0 Å². The molecule has 294 valence electrons. The maximum atomic E-state index is 6.08. The second-order valence-corrected chi connectivity index (χ2v) is 16.1. The van der Waals surface area contributed by atoms with Gasteiger partial charge < -0.3 is 8.98 Å². The molecule has 63 heavy (non-hydrogen) atoms. The van der Waals surface area contributed by atoms with Gasteiger partial charge in [-0.3, -0.25) is 14.5 Å². The molecule has 6 heterocycles. The smallest absolute Gasteiger partial charge is 0.153 e. The fraction of sp³-hybridized carbons (Fsp3) is 0. The van der Waals surface area contributed by atoms with Crippen LogP contribution in [0.3, 0.4) is 0 Å². The molecule has 0 saturated carbocycles. The number of fused-ring (bicyclic) bond motifs is 9. The van der Waals surface area contributed by atoms with Gasteiger partial charge in [0.15, 0.2) is 5.58 Å². The van der Waals surface area contributed by atoms with E-state index in [1.807, 2.05) is 42.9 Å². The van der Waals surface area contributed by atoms with E-state index >= 15 is 0 Å². The van der Waals surface area contributed by atoms with E-state index < -0.39 is 0 Å². The molecule has 6 heteroatoms. The fourth-order valence-electron chi connectivity index (χ4n) is 9.50. The molecule has 13 aromatic rings. The largest absolute Gasteiger partial charge is 0.454 e. The summed E-state index contributed by atoms with van der Waals surface area (Å²) in [4.78, 5) is 14.8. The van der Waals surface area contributed by atoms with Gasteiger partial charge >= 0.3 is 0 Å². The number of aromatic nitrogens is 5. The summed E-state index contributed by atoms with van der Waals surface area (Å²) in [5.74, 6) is 0.877. The molecule has 0 amide bonds. The molecule has 0 N–H and O–H groups in total. The number of hydrogen-bond donors (Lipinski definition) is 0. The van der Waals surface area contributed by atoms with E-state index in [1.165, 1.54) is 21.5 Å². The summed E-state index contributed by atoms with van der Waals surface area (Å²) in [5, 5.41) is 5.73. The summed E-state index contributed by atoms with van der Waals surface area (Å²) in [6.45, 7) is 0. The van der Waals surface area contributed by atoms with Crippen LogP contribution in [0.5, 0.6) is 0 Å². The van der Waals surface area contributed by atoms with Crippen LogP contribution in [-0.2, 0) is 0 Å². The van der Waals surface area contributed by atoms with Gasteiger partial charge in [-0.25, -0.2) is 4.98 Å². The molecule has 6 nitrogen and oxygen atoms in total. The highest BCUT2D eigenvalue weighted by atomic mass is 16.3. The minimum absolute atomic E-state index is 0.784. The SMILES string of the molecule is c1ccc(-c2cc(-c3ccccc3)nc(-n3c4ccccc4c4ccc(-c5ccc6c(c5)c5ccccc5n6-c5cncc(-c6ccc7oc8cccnc8c7c6)c5)cc43)c2)cc1. The van der Waals surface area contributed by atoms with Crippen molar-refractivity contribution in [2.24, 2.45) is 0 Å². The monoisotopic (exact) mass is 805 g/mol. The lowest BCUT2D eigenvalue weighted by Gasteiger charge is -2.13. The Morgan fingerprint density at radius 1 is 0.365 bits per heavy atom. The van der Waals surface area contributed by atoms with Crippen molar-refractivity contribution >= 4 is 65.7 Å². The summed E-state index contributed by atoms with van der Waals surface area (Å²) >= 11 is 0. The quantitative estimate of drug-likeness (QED) is 0.168. The van der Waals surface area contributed by atoms with Gasteiger partial charge in [0, 0.05) is 50.5 Å². The fourth-order valence-corrected chi connectivity index (χ4v) is 9.50. The minimum Gasteiger partial charge on any atom is -0.454 e. The molecule has 0 fully saturated rings. The van der Waals surface area contributed by atoms with Gasteiger partial charge in [0.2, 0.25) is 0 Å². The Kier molecular flexibility index (Phi) is 7.80. The van der Waals surface area contributed by atoms with E-state index in [4.69, 9.17) is 14.4 Å². The highest BCUT2D eigenvalue weighted by Crippen LogP contribution is 2.40. The zero-order valence-corrected chi connectivity index (χ0v) is 33.9. The zero-order valence-electron chi connectivity index (χ0n) is 33.9. The van der Waals surface area contributed by atoms with Crippen LogP contribution in [0.25, 0.3) is 122 Å². The number of para-hydroxylation sites is 2. The number of benzene rings is 7. The molecule has 7 aromatic carbocycles. The van der Waals surface area contributed by atoms with Crippen LogP contribution < -0.4 is 0 Å². The highest BCUT2D eigenvalue weighted by Gasteiger charge is 2.19. The van der Waals surface area contributed by atoms with Gasteiger partial charge in [-0.05, 0) is 101 Å². The normalized spacial score (nSPS) is 11.8. The van der Waals surface area contributed by atoms with Crippen molar-refractivity contribution in [3.05, 3.63) is 213 Å². The molecular weight excluding hydrogens is 771 g/mol. The third kappa shape index (κ3) is 5.69. The van der Waals surface area contributed by atoms with Crippen LogP contribution in [0, 0.1) is 0 Å². The lowest BCUT2D eigenvalue weighted by molar-refractivity contribution is 0.668. The average molecular weight is 806 g/mol. The van der Waals surface area contributed by atoms with Crippen LogP contribution >= 0.6 is 0 Å². The average Bonchev–Trinajstić information content (AvgIpc) is 4.01. The van der Waals surface area contributed by atoms with E-state index in [2.05, 4.69) is 184 Å². The maximum Gasteiger partial charge on any atom is 0.153 e. The van der Waals surface area contributed by atoms with Crippen LogP contribution in [0.15, 0.2) is 217 Å². The molecule has 13 rings (SSSR count). The van der Waals surface area contributed by atoms with E-state index in [0.29, 0.717) is 0 Å². The molecule has 0 radical (unpaired) electrons. The van der Waals surface area contributed by atoms with E-state index in [9.17, 15) is 0 Å². The van der Waals surface area contributed by atoms with Gasteiger partial charge in [-0.2, -0.15) is 0 Å². The number of rotatable bonds is 6. The lowest BCUT2D eigenvalue weighted by atomic mass is 10.0. The highest BCUT2D eigenvalue weighted by molar-refractivity contribution is 6.12. The standard InChI is InChI=1S/C57H35N5O/c1-3-12-36(13-4-1)41-31-49(37-14-5-2-6-15-37)60-56(33-41)62-51-19-10-7-16-44(51)46-24-21-40(32-53(46)62)38-22-25-52-47(29-38)45-17-8-9-18-50(45)61(52)43-28-42(34-58-35-43)39-23-26-54-48(30-39)57-55(63-54)20-11-27-59-57/h1-35H. The topological polar surface area (TPSA) is 61.7 Å². The first kappa shape index (κ1) is 35.2. The summed E-state index contributed by atoms with van der Waals surface area (Å²) < 4.78 is 10.7. The summed E-state index contributed by atoms with van der Waals surface area (Å²) in [6.07, 6.45) is 5.69. The van der Waals surface area contributed by atoms with Crippen molar-refractivity contribution in [1.82, 2.24) is 24.1 Å². The third-order valence-electron chi connectivity index (χ3n) is 12.4. The Hall–Kier alpha value is -8.61. The predicted octanol–water partition coefficient (Wildman–Crippen LogP) is 14.6. The van der Waals surface area contributed by atoms with E-state index in [1.54, 1.807) is 0 Å². The van der Waals surface area contributed by atoms with Crippen LogP contribution in [0.1, 0.15) is 0 Å². The first-order valence-electron chi connectivity index (χ1n) is 21.2. The number of furan rings is 1. The Morgan fingerprint density at radius 3 is 1.86 bits per heavy atom. The van der Waals surface area contributed by atoms with Gasteiger partial charge in [0.1, 0.15) is 16.9 Å². The molecule has 0 aliphatic carbocycles. The Balaban J connectivity index is 0.961. The molecule has 0 saturated heterocycles. The van der Waals surface area contributed by atoms with E-state index in [0.717, 1.165) is 100 Å². The molecule has 0 spiro atoms. The second-order valence-electron chi connectivity index (χ2n) is 16.1. The molecule has 0 unspecified atom stereocenters. The minimum atomic E-state index is 0.784. The molecule has 0 atom stereocenters. The van der Waals surface area contributed by atoms with E-state index in [-0.39, 0.29) is 0 Å². The van der Waals surface area contributed by atoms with Crippen molar-refractivity contribution in [2.45, 2.75) is 0 Å². The Morgan fingerprint density at radius 2 is 1.02 bits per heavy atom. The number of hydrogen-bond acceptors (Lipinski definition) is 4. The van der Waals surface area contributed by atoms with Crippen LogP contribution in [0.4, 0.5) is 0 Å². The Bertz CT molecular complexity index is 3860. The summed E-state index contributed by atoms with van der Waals surface area (Å²) in [6, 6.07) is 68.8. The van der Waals surface area contributed by atoms with Crippen molar-refractivity contribution < 1.29 is 4.42 Å². The number of pyridine rings is 3. The molecule has 0 aliphatic rings. The van der Waals surface area contributed by atoms with Gasteiger partial charge in [-0.1, -0.05) is 121 Å². The van der Waals surface area contributed by atoms with Gasteiger partial charge in [0.25, 0.3) is 0 Å². The molecular formula is C57H35N5O. The third-order valence-corrected chi connectivity index (χ3v) is 12.4. The first-order chi connectivity index (χ1) is 31.2. The second kappa shape index (κ2) is 14.0. The van der Waals surface area contributed by atoms with Crippen LogP contribution in [-0.4, -0.2) is 24.1 Å². The summed E-state index contributed by atoms with van der Waals surface area (Å²) in [5.41, 5.74) is 16.5. The Labute approximate surface area is 361 Å². The van der Waals surface area contributed by atoms with Crippen molar-refractivity contribution in [3.8, 4) is 56.1 Å². The van der Waals surface area contributed by atoms with Crippen molar-refractivity contribution in [3.63, 3.8) is 0 Å². The lowest BCUT2D eigenvalue weighted by Crippen LogP contribution is -2.00.